The van der Waals surface area contributed by atoms with Crippen LogP contribution in [0.3, 0.4) is 0 Å². The van der Waals surface area contributed by atoms with Gasteiger partial charge in [-0.25, -0.2) is 14.4 Å². The third-order valence-corrected chi connectivity index (χ3v) is 2.90. The molecule has 7 nitrogen and oxygen atoms in total. The van der Waals surface area contributed by atoms with Gasteiger partial charge in [0.25, 0.3) is 0 Å². The molecule has 0 spiro atoms. The van der Waals surface area contributed by atoms with Gasteiger partial charge in [0.1, 0.15) is 0 Å². The first-order chi connectivity index (χ1) is 12.9. The van der Waals surface area contributed by atoms with Gasteiger partial charge >= 0.3 is 17.9 Å². The SMILES string of the molecule is C=C(C)C(=O)O.C=C(CC)C(=O)O.C=Cc1ccccc1.CC=C(C)C(=O)O.N. The normalized spacial score (nSPS) is 8.62. The Morgan fingerprint density at radius 2 is 1.34 bits per heavy atom. The quantitative estimate of drug-likeness (QED) is 0.489. The molecule has 0 saturated heterocycles. The Balaban J connectivity index is -0.000000143. The zero-order valence-electron chi connectivity index (χ0n) is 17.6. The second-order valence-corrected chi connectivity index (χ2v) is 5.24. The molecule has 1 aromatic carbocycles. The Kier molecular flexibility index (Phi) is 23.8. The molecule has 0 aromatic heterocycles. The molecule has 0 fully saturated rings. The monoisotopic (exact) mass is 407 g/mol. The van der Waals surface area contributed by atoms with Gasteiger partial charge in [0, 0.05) is 16.7 Å². The highest BCUT2D eigenvalue weighted by Crippen LogP contribution is 1.97. The fourth-order valence-electron chi connectivity index (χ4n) is 0.864. The smallest absolute Gasteiger partial charge is 0.330 e. The largest absolute Gasteiger partial charge is 0.478 e. The molecule has 0 aliphatic heterocycles. The molecule has 0 atom stereocenters. The summed E-state index contributed by atoms with van der Waals surface area (Å²) in [4.78, 5) is 29.3. The van der Waals surface area contributed by atoms with Gasteiger partial charge in [-0.2, -0.15) is 0 Å². The van der Waals surface area contributed by atoms with E-state index in [2.05, 4.69) is 19.7 Å². The molecule has 0 bridgehead atoms. The Morgan fingerprint density at radius 3 is 1.45 bits per heavy atom. The summed E-state index contributed by atoms with van der Waals surface area (Å²) in [5.41, 5.74) is 2.00. The molecule has 7 heteroatoms. The van der Waals surface area contributed by atoms with E-state index in [-0.39, 0.29) is 17.3 Å². The van der Waals surface area contributed by atoms with E-state index in [0.717, 1.165) is 0 Å². The number of allylic oxidation sites excluding steroid dienone is 1. The van der Waals surface area contributed by atoms with E-state index in [4.69, 9.17) is 15.3 Å². The molecule has 162 valence electrons. The third-order valence-electron chi connectivity index (χ3n) is 2.90. The number of aliphatic carboxylic acids is 3. The van der Waals surface area contributed by atoms with E-state index in [9.17, 15) is 14.4 Å². The average Bonchev–Trinajstić information content (AvgIpc) is 2.68. The zero-order valence-corrected chi connectivity index (χ0v) is 17.6. The summed E-state index contributed by atoms with van der Waals surface area (Å²) in [5, 5.41) is 24.1. The van der Waals surface area contributed by atoms with Crippen LogP contribution in [-0.4, -0.2) is 33.2 Å². The molecule has 0 amide bonds. The molecule has 0 heterocycles. The first-order valence-corrected chi connectivity index (χ1v) is 8.27. The zero-order chi connectivity index (χ0) is 22.7. The van der Waals surface area contributed by atoms with Crippen molar-refractivity contribution in [2.75, 3.05) is 0 Å². The predicted molar refractivity (Wildman–Crippen MR) is 118 cm³/mol. The highest BCUT2D eigenvalue weighted by atomic mass is 16.4. The van der Waals surface area contributed by atoms with Crippen LogP contribution < -0.4 is 6.15 Å². The topological polar surface area (TPSA) is 147 Å². The third kappa shape index (κ3) is 24.6. The van der Waals surface area contributed by atoms with Crippen LogP contribution in [0.25, 0.3) is 6.08 Å². The maximum Gasteiger partial charge on any atom is 0.330 e. The van der Waals surface area contributed by atoms with Crippen molar-refractivity contribution in [2.45, 2.75) is 34.1 Å². The van der Waals surface area contributed by atoms with Crippen LogP contribution >= 0.6 is 0 Å². The minimum atomic E-state index is -0.935. The van der Waals surface area contributed by atoms with Crippen molar-refractivity contribution < 1.29 is 29.7 Å². The fraction of sp³-hybridized carbons (Fsp3) is 0.227. The second kappa shape index (κ2) is 20.9. The minimum Gasteiger partial charge on any atom is -0.478 e. The van der Waals surface area contributed by atoms with Crippen LogP contribution in [0.2, 0.25) is 0 Å². The maximum absolute atomic E-state index is 9.86. The van der Waals surface area contributed by atoms with Crippen LogP contribution in [0.4, 0.5) is 0 Å². The Morgan fingerprint density at radius 1 is 0.931 bits per heavy atom. The molecule has 0 radical (unpaired) electrons. The van der Waals surface area contributed by atoms with Crippen LogP contribution in [0.5, 0.6) is 0 Å². The number of hydrogen-bond acceptors (Lipinski definition) is 4. The molecule has 0 aliphatic rings. The number of carbonyl (C=O) groups is 3. The lowest BCUT2D eigenvalue weighted by atomic mass is 10.2. The molecule has 29 heavy (non-hydrogen) atoms. The number of rotatable bonds is 5. The van der Waals surface area contributed by atoms with E-state index in [0.29, 0.717) is 12.0 Å². The van der Waals surface area contributed by atoms with Crippen molar-refractivity contribution in [1.29, 1.82) is 0 Å². The van der Waals surface area contributed by atoms with E-state index in [1.807, 2.05) is 36.4 Å². The lowest BCUT2D eigenvalue weighted by molar-refractivity contribution is -0.133. The van der Waals surface area contributed by atoms with E-state index < -0.39 is 17.9 Å². The van der Waals surface area contributed by atoms with E-state index in [1.165, 1.54) is 12.5 Å². The van der Waals surface area contributed by atoms with Crippen molar-refractivity contribution >= 4 is 24.0 Å². The van der Waals surface area contributed by atoms with Crippen molar-refractivity contribution in [1.82, 2.24) is 6.15 Å². The van der Waals surface area contributed by atoms with Crippen LogP contribution in [-0.2, 0) is 14.4 Å². The number of benzene rings is 1. The van der Waals surface area contributed by atoms with Gasteiger partial charge in [-0.05, 0) is 32.8 Å². The van der Waals surface area contributed by atoms with E-state index >= 15 is 0 Å². The Bertz CT molecular complexity index is 679. The number of hydrogen-bond donors (Lipinski definition) is 4. The van der Waals surface area contributed by atoms with Crippen molar-refractivity contribution in [2.24, 2.45) is 0 Å². The Labute approximate surface area is 173 Å². The highest BCUT2D eigenvalue weighted by Gasteiger charge is 1.96. The molecule has 0 aliphatic carbocycles. The molecule has 1 aromatic rings. The maximum atomic E-state index is 9.86. The highest BCUT2D eigenvalue weighted by molar-refractivity contribution is 5.86. The van der Waals surface area contributed by atoms with Crippen LogP contribution in [0.1, 0.15) is 39.7 Å². The number of carboxylic acids is 3. The van der Waals surface area contributed by atoms with Gasteiger partial charge in [-0.3, -0.25) is 0 Å². The summed E-state index contributed by atoms with van der Waals surface area (Å²) in [6.07, 6.45) is 3.91. The summed E-state index contributed by atoms with van der Waals surface area (Å²) < 4.78 is 0. The lowest BCUT2D eigenvalue weighted by Crippen LogP contribution is -1.95. The summed E-state index contributed by atoms with van der Waals surface area (Å²) in [7, 11) is 0. The molecule has 0 unspecified atom stereocenters. The molecule has 0 saturated carbocycles. The first-order valence-electron chi connectivity index (χ1n) is 8.27. The lowest BCUT2D eigenvalue weighted by Gasteiger charge is -1.87. The van der Waals surface area contributed by atoms with Crippen molar-refractivity contribution in [3.05, 3.63) is 78.4 Å². The van der Waals surface area contributed by atoms with E-state index in [1.54, 1.807) is 26.8 Å². The van der Waals surface area contributed by atoms with Gasteiger partial charge in [0.05, 0.1) is 0 Å². The molecule has 1 rings (SSSR count). The van der Waals surface area contributed by atoms with Crippen LogP contribution in [0.15, 0.2) is 72.9 Å². The van der Waals surface area contributed by atoms with Gasteiger partial charge in [0.2, 0.25) is 0 Å². The van der Waals surface area contributed by atoms with Crippen molar-refractivity contribution in [3.8, 4) is 0 Å². The second-order valence-electron chi connectivity index (χ2n) is 5.24. The van der Waals surface area contributed by atoms with Crippen molar-refractivity contribution in [3.63, 3.8) is 0 Å². The average molecular weight is 408 g/mol. The molecule has 6 N–H and O–H groups in total. The summed E-state index contributed by atoms with van der Waals surface area (Å²) in [6.45, 7) is 16.5. The van der Waals surface area contributed by atoms with Crippen LogP contribution in [0, 0.1) is 0 Å². The molecular weight excluding hydrogens is 374 g/mol. The Hall–Kier alpha value is -3.45. The minimum absolute atomic E-state index is 0. The van der Waals surface area contributed by atoms with Gasteiger partial charge in [0.15, 0.2) is 0 Å². The van der Waals surface area contributed by atoms with Gasteiger partial charge < -0.3 is 21.5 Å². The summed E-state index contributed by atoms with van der Waals surface area (Å²) in [5.74, 6) is -2.68. The standard InChI is InChI=1S/C8H8.2C5H8O2.C4H6O2.H3N/c1-2-8-6-4-3-5-7-8;2*1-3-4(2)5(6)7;1-3(2)4(5)6;/h2-7H,1H2;3H,1-2H3,(H,6,7);2-3H2,1H3,(H,6,7);1H2,2H3,(H,5,6);1H3. The number of carboxylic acid groups (broad SMARTS) is 3. The predicted octanol–water partition coefficient (Wildman–Crippen LogP) is 5.21. The summed E-state index contributed by atoms with van der Waals surface area (Å²) in [6, 6.07) is 10.0. The molecular formula is C22H33NO6. The summed E-state index contributed by atoms with van der Waals surface area (Å²) >= 11 is 0. The van der Waals surface area contributed by atoms with Gasteiger partial charge in [-0.15, -0.1) is 0 Å². The first kappa shape index (κ1) is 33.2. The fourth-order valence-corrected chi connectivity index (χ4v) is 0.864. The van der Waals surface area contributed by atoms with Gasteiger partial charge in [-0.1, -0.05) is 69.1 Å².